The van der Waals surface area contributed by atoms with Gasteiger partial charge in [-0.2, -0.15) is 0 Å². The molecule has 200 valence electrons. The van der Waals surface area contributed by atoms with Crippen molar-refractivity contribution < 1.29 is 19.4 Å². The Bertz CT molecular complexity index is 721. The predicted octanol–water partition coefficient (Wildman–Crippen LogP) is 2.96. The number of hydrogen-bond donors (Lipinski definition) is 3. The van der Waals surface area contributed by atoms with Crippen molar-refractivity contribution in [2.45, 2.75) is 90.7 Å². The molecule has 0 aromatic heterocycles. The van der Waals surface area contributed by atoms with Gasteiger partial charge in [0.1, 0.15) is 0 Å². The molecule has 0 bridgehead atoms. The van der Waals surface area contributed by atoms with E-state index in [1.54, 1.807) is 0 Å². The van der Waals surface area contributed by atoms with Gasteiger partial charge in [0, 0.05) is 44.1 Å². The van der Waals surface area contributed by atoms with Gasteiger partial charge in [0.2, 0.25) is 11.8 Å². The highest BCUT2D eigenvalue weighted by molar-refractivity contribution is 5.79. The van der Waals surface area contributed by atoms with E-state index in [1.165, 1.54) is 6.42 Å². The number of hydrogen-bond acceptors (Lipinski definition) is 5. The second-order valence-electron chi connectivity index (χ2n) is 12.3. The third-order valence-electron chi connectivity index (χ3n) is 10.1. The normalized spacial score (nSPS) is 37.8. The highest BCUT2D eigenvalue weighted by Gasteiger charge is 2.54. The van der Waals surface area contributed by atoms with E-state index in [9.17, 15) is 14.7 Å². The lowest BCUT2D eigenvalue weighted by atomic mass is 9.51. The van der Waals surface area contributed by atoms with Crippen LogP contribution < -0.4 is 10.6 Å². The van der Waals surface area contributed by atoms with E-state index in [2.05, 4.69) is 29.4 Å². The fourth-order valence-electron chi connectivity index (χ4n) is 7.68. The van der Waals surface area contributed by atoms with E-state index < -0.39 is 6.10 Å². The highest BCUT2D eigenvalue weighted by atomic mass is 16.5. The Hall–Kier alpha value is -1.18. The lowest BCUT2D eigenvalue weighted by Gasteiger charge is -2.56. The molecule has 4 rings (SSSR count). The fraction of sp³-hybridized carbons (Fsp3) is 0.929. The first-order valence-electron chi connectivity index (χ1n) is 14.4. The molecule has 3 saturated carbocycles. The largest absolute Gasteiger partial charge is 0.392 e. The Labute approximate surface area is 212 Å². The van der Waals surface area contributed by atoms with Crippen LogP contribution in [0.4, 0.5) is 0 Å². The summed E-state index contributed by atoms with van der Waals surface area (Å²) in [4.78, 5) is 28.3. The van der Waals surface area contributed by atoms with E-state index in [4.69, 9.17) is 4.74 Å². The van der Waals surface area contributed by atoms with Gasteiger partial charge in [-0.15, -0.1) is 0 Å². The van der Waals surface area contributed by atoms with Crippen molar-refractivity contribution in [2.24, 2.45) is 35.0 Å². The van der Waals surface area contributed by atoms with Crippen LogP contribution in [0.5, 0.6) is 0 Å². The van der Waals surface area contributed by atoms with Crippen LogP contribution in [-0.4, -0.2) is 73.4 Å². The maximum absolute atomic E-state index is 13.0. The van der Waals surface area contributed by atoms with Gasteiger partial charge in [0.25, 0.3) is 0 Å². The van der Waals surface area contributed by atoms with Crippen molar-refractivity contribution >= 4 is 11.8 Å². The van der Waals surface area contributed by atoms with Crippen LogP contribution in [0, 0.1) is 35.0 Å². The van der Waals surface area contributed by atoms with E-state index >= 15 is 0 Å². The summed E-state index contributed by atoms with van der Waals surface area (Å²) in [5.41, 5.74) is 0.0773. The average molecular weight is 492 g/mol. The van der Waals surface area contributed by atoms with Crippen molar-refractivity contribution in [3.05, 3.63) is 0 Å². The molecule has 3 N–H and O–H groups in total. The molecular weight excluding hydrogens is 442 g/mol. The Morgan fingerprint density at radius 2 is 1.77 bits per heavy atom. The van der Waals surface area contributed by atoms with Crippen molar-refractivity contribution in [1.29, 1.82) is 0 Å². The lowest BCUT2D eigenvalue weighted by molar-refractivity contribution is -0.144. The van der Waals surface area contributed by atoms with E-state index in [1.807, 2.05) is 6.92 Å². The van der Waals surface area contributed by atoms with Gasteiger partial charge in [-0.25, -0.2) is 0 Å². The summed E-state index contributed by atoms with van der Waals surface area (Å²) in [6, 6.07) is 0.119. The van der Waals surface area contributed by atoms with Crippen molar-refractivity contribution in [2.75, 3.05) is 39.4 Å². The Kier molecular flexibility index (Phi) is 9.14. The molecule has 4 aliphatic rings. The topological polar surface area (TPSA) is 90.9 Å². The Morgan fingerprint density at radius 3 is 2.49 bits per heavy atom. The molecule has 35 heavy (non-hydrogen) atoms. The number of rotatable bonds is 7. The SMILES string of the molecule is C[C@H]1[C@@H]2[C@@H](O)[C@H]([C@H](C)C(=O)NCCN3CCOCC3)CC[C@@]2(C)CC[C@@H]1NC(=O)C1CCCCC1. The summed E-state index contributed by atoms with van der Waals surface area (Å²) in [6.45, 7) is 11.4. The molecule has 3 aliphatic carbocycles. The minimum absolute atomic E-state index is 0.0355. The third-order valence-corrected chi connectivity index (χ3v) is 10.1. The minimum atomic E-state index is -0.516. The third kappa shape index (κ3) is 6.22. The number of amides is 2. The first kappa shape index (κ1) is 26.9. The molecule has 0 spiro atoms. The van der Waals surface area contributed by atoms with Crippen molar-refractivity contribution in [3.63, 3.8) is 0 Å². The predicted molar refractivity (Wildman–Crippen MR) is 137 cm³/mol. The van der Waals surface area contributed by atoms with Crippen LogP contribution in [0.15, 0.2) is 0 Å². The molecule has 1 heterocycles. The average Bonchev–Trinajstić information content (AvgIpc) is 2.86. The van der Waals surface area contributed by atoms with Crippen LogP contribution in [-0.2, 0) is 14.3 Å². The summed E-state index contributed by atoms with van der Waals surface area (Å²) in [5, 5.41) is 18.1. The molecular formula is C28H49N3O4. The molecule has 7 heteroatoms. The summed E-state index contributed by atoms with van der Waals surface area (Å²) < 4.78 is 5.40. The number of aliphatic hydroxyl groups is 1. The molecule has 0 aromatic carbocycles. The first-order chi connectivity index (χ1) is 16.8. The minimum Gasteiger partial charge on any atom is -0.392 e. The van der Waals surface area contributed by atoms with E-state index in [-0.39, 0.29) is 52.9 Å². The van der Waals surface area contributed by atoms with Gasteiger partial charge in [0.05, 0.1) is 19.3 Å². The lowest BCUT2D eigenvalue weighted by Crippen LogP contribution is -2.59. The van der Waals surface area contributed by atoms with Gasteiger partial charge < -0.3 is 20.5 Å². The molecule has 1 saturated heterocycles. The number of aliphatic hydroxyl groups excluding tert-OH is 1. The summed E-state index contributed by atoms with van der Waals surface area (Å²) in [7, 11) is 0. The number of ether oxygens (including phenoxy) is 1. The molecule has 7 nitrogen and oxygen atoms in total. The summed E-state index contributed by atoms with van der Waals surface area (Å²) in [6.07, 6.45) is 9.01. The molecule has 2 amide bonds. The number of carbonyl (C=O) groups is 2. The van der Waals surface area contributed by atoms with Gasteiger partial charge >= 0.3 is 0 Å². The molecule has 1 aliphatic heterocycles. The van der Waals surface area contributed by atoms with Crippen LogP contribution in [0.3, 0.4) is 0 Å². The molecule has 7 atom stereocenters. The van der Waals surface area contributed by atoms with Crippen LogP contribution in [0.1, 0.15) is 78.6 Å². The smallest absolute Gasteiger partial charge is 0.223 e. The monoisotopic (exact) mass is 491 g/mol. The van der Waals surface area contributed by atoms with Gasteiger partial charge in [-0.3, -0.25) is 14.5 Å². The zero-order chi connectivity index (χ0) is 25.0. The van der Waals surface area contributed by atoms with Crippen LogP contribution >= 0.6 is 0 Å². The number of fused-ring (bicyclic) bond motifs is 1. The quantitative estimate of drug-likeness (QED) is 0.509. The Morgan fingerprint density at radius 1 is 1.09 bits per heavy atom. The fourth-order valence-corrected chi connectivity index (χ4v) is 7.68. The van der Waals surface area contributed by atoms with E-state index in [0.717, 1.165) is 84.2 Å². The van der Waals surface area contributed by atoms with Crippen LogP contribution in [0.2, 0.25) is 0 Å². The van der Waals surface area contributed by atoms with Crippen molar-refractivity contribution in [3.8, 4) is 0 Å². The van der Waals surface area contributed by atoms with Gasteiger partial charge in [-0.05, 0) is 61.7 Å². The zero-order valence-corrected chi connectivity index (χ0v) is 22.3. The second kappa shape index (κ2) is 11.9. The number of morpholine rings is 1. The standard InChI is InChI=1S/C28H49N3O4/c1-19(26(33)29-13-14-31-15-17-35-18-16-31)22-9-11-28(3)12-10-23(20(2)24(28)25(22)32)30-27(34)21-7-5-4-6-8-21/h19-25,32H,4-18H2,1-3H3,(H,29,33)(H,30,34)/t19-,20+,22-,23-,24+,25-,28-/m0/s1. The van der Waals surface area contributed by atoms with E-state index in [0.29, 0.717) is 6.54 Å². The van der Waals surface area contributed by atoms with Gasteiger partial charge in [-0.1, -0.05) is 40.0 Å². The maximum Gasteiger partial charge on any atom is 0.223 e. The van der Waals surface area contributed by atoms with Crippen LogP contribution in [0.25, 0.3) is 0 Å². The highest BCUT2D eigenvalue weighted by Crippen LogP contribution is 2.55. The second-order valence-corrected chi connectivity index (χ2v) is 12.3. The van der Waals surface area contributed by atoms with Crippen molar-refractivity contribution in [1.82, 2.24) is 15.5 Å². The Balaban J connectivity index is 1.33. The summed E-state index contributed by atoms with van der Waals surface area (Å²) in [5.74, 6) is 0.493. The molecule has 0 aromatic rings. The zero-order valence-electron chi connectivity index (χ0n) is 22.3. The number of nitrogens with zero attached hydrogens (tertiary/aromatic N) is 1. The molecule has 4 fully saturated rings. The number of nitrogens with one attached hydrogen (secondary N) is 2. The molecule has 0 radical (unpaired) electrons. The maximum atomic E-state index is 13.0. The first-order valence-corrected chi connectivity index (χ1v) is 14.4. The summed E-state index contributed by atoms with van der Waals surface area (Å²) >= 11 is 0. The van der Waals surface area contributed by atoms with Gasteiger partial charge in [0.15, 0.2) is 0 Å². The number of carbonyl (C=O) groups excluding carboxylic acids is 2. The molecule has 0 unspecified atom stereocenters.